The molecule has 2 aromatic rings. The number of nitrogens with zero attached hydrogens (tertiary/aromatic N) is 1. The molecule has 0 aliphatic heterocycles. The monoisotopic (exact) mass is 247 g/mol. The lowest BCUT2D eigenvalue weighted by Crippen LogP contribution is -2.01. The molecule has 0 amide bonds. The fraction of sp³-hybridized carbons (Fsp3) is 0.154. The van der Waals surface area contributed by atoms with Crippen LogP contribution >= 0.6 is 11.6 Å². The number of halogens is 1. The zero-order valence-corrected chi connectivity index (χ0v) is 10.5. The minimum Gasteiger partial charge on any atom is -0.396 e. The number of hydrogen-bond acceptors (Lipinski definition) is 3. The fourth-order valence-corrected chi connectivity index (χ4v) is 1.71. The Balaban J connectivity index is 2.38. The number of nitrogens with one attached hydrogen (secondary N) is 1. The van der Waals surface area contributed by atoms with Crippen molar-refractivity contribution in [2.45, 2.75) is 13.8 Å². The summed E-state index contributed by atoms with van der Waals surface area (Å²) in [4.78, 5) is 4.36. The molecule has 4 heteroatoms. The molecule has 0 radical (unpaired) electrons. The molecule has 2 rings (SSSR count). The number of nitrogen functional groups attached to an aromatic ring is 1. The summed E-state index contributed by atoms with van der Waals surface area (Å²) < 4.78 is 0. The summed E-state index contributed by atoms with van der Waals surface area (Å²) in [6.07, 6.45) is 0. The standard InChI is InChI=1S/C13H14ClN3/c1-8-6-7-11(15)13(16-8)17-12-5-3-4-10(14)9(12)2/h3-7H,15H2,1-2H3,(H,16,17). The van der Waals surface area contributed by atoms with Gasteiger partial charge in [-0.2, -0.15) is 0 Å². The highest BCUT2D eigenvalue weighted by Crippen LogP contribution is 2.27. The van der Waals surface area contributed by atoms with E-state index in [0.717, 1.165) is 22.0 Å². The molecule has 0 bridgehead atoms. The summed E-state index contributed by atoms with van der Waals surface area (Å²) in [7, 11) is 0. The van der Waals surface area contributed by atoms with Crippen LogP contribution in [0, 0.1) is 13.8 Å². The van der Waals surface area contributed by atoms with Crippen molar-refractivity contribution in [1.82, 2.24) is 4.98 Å². The van der Waals surface area contributed by atoms with Gasteiger partial charge in [0.2, 0.25) is 0 Å². The zero-order valence-electron chi connectivity index (χ0n) is 9.79. The molecular weight excluding hydrogens is 234 g/mol. The van der Waals surface area contributed by atoms with Gasteiger partial charge < -0.3 is 11.1 Å². The first-order valence-electron chi connectivity index (χ1n) is 5.33. The van der Waals surface area contributed by atoms with Gasteiger partial charge >= 0.3 is 0 Å². The van der Waals surface area contributed by atoms with Crippen molar-refractivity contribution in [1.29, 1.82) is 0 Å². The lowest BCUT2D eigenvalue weighted by atomic mass is 10.2. The van der Waals surface area contributed by atoms with Crippen LogP contribution in [0.2, 0.25) is 5.02 Å². The second kappa shape index (κ2) is 4.63. The molecule has 0 aliphatic rings. The van der Waals surface area contributed by atoms with E-state index in [9.17, 15) is 0 Å². The topological polar surface area (TPSA) is 50.9 Å². The maximum absolute atomic E-state index is 6.06. The van der Waals surface area contributed by atoms with Crippen LogP contribution in [0.5, 0.6) is 0 Å². The maximum Gasteiger partial charge on any atom is 0.153 e. The predicted molar refractivity (Wildman–Crippen MR) is 72.9 cm³/mol. The molecule has 1 aromatic carbocycles. The highest BCUT2D eigenvalue weighted by molar-refractivity contribution is 6.31. The largest absolute Gasteiger partial charge is 0.396 e. The lowest BCUT2D eigenvalue weighted by molar-refractivity contribution is 1.20. The van der Waals surface area contributed by atoms with E-state index in [0.29, 0.717) is 11.5 Å². The molecule has 0 aliphatic carbocycles. The number of hydrogen-bond donors (Lipinski definition) is 2. The first-order chi connectivity index (χ1) is 8.08. The van der Waals surface area contributed by atoms with Gasteiger partial charge in [0.1, 0.15) is 0 Å². The Kier molecular flexibility index (Phi) is 3.20. The Morgan fingerprint density at radius 3 is 2.71 bits per heavy atom. The first kappa shape index (κ1) is 11.7. The Morgan fingerprint density at radius 1 is 1.18 bits per heavy atom. The molecule has 88 valence electrons. The van der Waals surface area contributed by atoms with Gasteiger partial charge in [0.25, 0.3) is 0 Å². The molecule has 3 N–H and O–H groups in total. The van der Waals surface area contributed by atoms with E-state index in [-0.39, 0.29) is 0 Å². The summed E-state index contributed by atoms with van der Waals surface area (Å²) in [5.41, 5.74) is 9.31. The van der Waals surface area contributed by atoms with Gasteiger partial charge in [0, 0.05) is 16.4 Å². The third-order valence-corrected chi connectivity index (χ3v) is 3.00. The van der Waals surface area contributed by atoms with Crippen LogP contribution in [-0.4, -0.2) is 4.98 Å². The van der Waals surface area contributed by atoms with Crippen LogP contribution < -0.4 is 11.1 Å². The molecule has 0 saturated heterocycles. The molecule has 0 saturated carbocycles. The summed E-state index contributed by atoms with van der Waals surface area (Å²) in [6, 6.07) is 9.42. The van der Waals surface area contributed by atoms with Crippen molar-refractivity contribution in [3.63, 3.8) is 0 Å². The lowest BCUT2D eigenvalue weighted by Gasteiger charge is -2.12. The van der Waals surface area contributed by atoms with E-state index in [1.165, 1.54) is 0 Å². The number of aryl methyl sites for hydroxylation is 1. The summed E-state index contributed by atoms with van der Waals surface area (Å²) in [5.74, 6) is 0.662. The van der Waals surface area contributed by atoms with Gasteiger partial charge in [-0.05, 0) is 43.7 Å². The van der Waals surface area contributed by atoms with E-state index in [1.54, 1.807) is 0 Å². The fourth-order valence-electron chi connectivity index (χ4n) is 1.54. The number of rotatable bonds is 2. The van der Waals surface area contributed by atoms with Crippen molar-refractivity contribution >= 4 is 28.8 Å². The molecular formula is C13H14ClN3. The molecule has 0 atom stereocenters. The van der Waals surface area contributed by atoms with Crippen molar-refractivity contribution in [3.8, 4) is 0 Å². The number of pyridine rings is 1. The third-order valence-electron chi connectivity index (χ3n) is 2.59. The minimum absolute atomic E-state index is 0.620. The average molecular weight is 248 g/mol. The molecule has 0 fully saturated rings. The van der Waals surface area contributed by atoms with Gasteiger partial charge in [0.15, 0.2) is 5.82 Å². The van der Waals surface area contributed by atoms with E-state index < -0.39 is 0 Å². The van der Waals surface area contributed by atoms with Crippen LogP contribution in [0.4, 0.5) is 17.2 Å². The highest BCUT2D eigenvalue weighted by Gasteiger charge is 2.05. The Morgan fingerprint density at radius 2 is 1.94 bits per heavy atom. The smallest absolute Gasteiger partial charge is 0.153 e. The third kappa shape index (κ3) is 2.50. The van der Waals surface area contributed by atoms with E-state index in [2.05, 4.69) is 10.3 Å². The summed E-state index contributed by atoms with van der Waals surface area (Å²) >= 11 is 6.06. The van der Waals surface area contributed by atoms with Crippen LogP contribution in [-0.2, 0) is 0 Å². The van der Waals surface area contributed by atoms with Gasteiger partial charge in [-0.25, -0.2) is 4.98 Å². The number of nitrogens with two attached hydrogens (primary N) is 1. The van der Waals surface area contributed by atoms with Gasteiger partial charge in [-0.15, -0.1) is 0 Å². The second-order valence-corrected chi connectivity index (χ2v) is 4.34. The number of aromatic nitrogens is 1. The van der Waals surface area contributed by atoms with Gasteiger partial charge in [0.05, 0.1) is 5.69 Å². The zero-order chi connectivity index (χ0) is 12.4. The Hall–Kier alpha value is -1.74. The molecule has 17 heavy (non-hydrogen) atoms. The average Bonchev–Trinajstić information content (AvgIpc) is 2.30. The minimum atomic E-state index is 0.620. The van der Waals surface area contributed by atoms with Crippen LogP contribution in [0.15, 0.2) is 30.3 Å². The van der Waals surface area contributed by atoms with Crippen LogP contribution in [0.1, 0.15) is 11.3 Å². The molecule has 1 aromatic heterocycles. The Labute approximate surface area is 106 Å². The van der Waals surface area contributed by atoms with Crippen molar-refractivity contribution in [2.75, 3.05) is 11.1 Å². The molecule has 1 heterocycles. The van der Waals surface area contributed by atoms with E-state index in [1.807, 2.05) is 44.2 Å². The SMILES string of the molecule is Cc1ccc(N)c(Nc2cccc(Cl)c2C)n1. The molecule has 0 unspecified atom stereocenters. The Bertz CT molecular complexity index is 552. The van der Waals surface area contributed by atoms with Gasteiger partial charge in [-0.1, -0.05) is 17.7 Å². The van der Waals surface area contributed by atoms with E-state index in [4.69, 9.17) is 17.3 Å². The molecule has 3 nitrogen and oxygen atoms in total. The highest BCUT2D eigenvalue weighted by atomic mass is 35.5. The van der Waals surface area contributed by atoms with Crippen LogP contribution in [0.25, 0.3) is 0 Å². The van der Waals surface area contributed by atoms with Crippen molar-refractivity contribution < 1.29 is 0 Å². The van der Waals surface area contributed by atoms with Gasteiger partial charge in [-0.3, -0.25) is 0 Å². The predicted octanol–water partition coefficient (Wildman–Crippen LogP) is 3.68. The maximum atomic E-state index is 6.06. The summed E-state index contributed by atoms with van der Waals surface area (Å²) in [5, 5.41) is 3.92. The summed E-state index contributed by atoms with van der Waals surface area (Å²) in [6.45, 7) is 3.88. The van der Waals surface area contributed by atoms with Crippen molar-refractivity contribution in [2.24, 2.45) is 0 Å². The molecule has 0 spiro atoms. The number of benzene rings is 1. The van der Waals surface area contributed by atoms with Crippen LogP contribution in [0.3, 0.4) is 0 Å². The number of anilines is 3. The van der Waals surface area contributed by atoms with E-state index >= 15 is 0 Å². The quantitative estimate of drug-likeness (QED) is 0.851. The first-order valence-corrected chi connectivity index (χ1v) is 5.71. The second-order valence-electron chi connectivity index (χ2n) is 3.93. The normalized spacial score (nSPS) is 10.3. The van der Waals surface area contributed by atoms with Crippen molar-refractivity contribution in [3.05, 3.63) is 46.6 Å².